The summed E-state index contributed by atoms with van der Waals surface area (Å²) in [7, 11) is 0. The lowest BCUT2D eigenvalue weighted by molar-refractivity contribution is 0.112. The van der Waals surface area contributed by atoms with Gasteiger partial charge in [-0.3, -0.25) is 4.79 Å². The Morgan fingerprint density at radius 2 is 2.23 bits per heavy atom. The fourth-order valence-corrected chi connectivity index (χ4v) is 1.16. The first-order chi connectivity index (χ1) is 6.29. The quantitative estimate of drug-likeness (QED) is 0.567. The first kappa shape index (κ1) is 9.52. The van der Waals surface area contributed by atoms with E-state index in [-0.39, 0.29) is 5.75 Å². The molecule has 0 fully saturated rings. The summed E-state index contributed by atoms with van der Waals surface area (Å²) in [5.41, 5.74) is 1.24. The van der Waals surface area contributed by atoms with Gasteiger partial charge in [-0.15, -0.1) is 0 Å². The second-order valence-electron chi connectivity index (χ2n) is 2.74. The Morgan fingerprint density at radius 1 is 1.46 bits per heavy atom. The molecule has 68 valence electrons. The topological polar surface area (TPSA) is 37.3 Å². The van der Waals surface area contributed by atoms with Crippen molar-refractivity contribution in [1.29, 1.82) is 0 Å². The van der Waals surface area contributed by atoms with E-state index in [4.69, 9.17) is 0 Å². The number of allylic oxidation sites excluding steroid dienone is 2. The smallest absolute Gasteiger partial charge is 0.150 e. The van der Waals surface area contributed by atoms with Gasteiger partial charge in [-0.25, -0.2) is 0 Å². The van der Waals surface area contributed by atoms with E-state index < -0.39 is 0 Å². The Balaban J connectivity index is 3.07. The molecule has 0 heterocycles. The molecule has 1 aromatic carbocycles. The molecular formula is C11H12O2. The number of benzene rings is 1. The molecule has 0 aliphatic heterocycles. The highest BCUT2D eigenvalue weighted by atomic mass is 16.3. The molecule has 0 amide bonds. The van der Waals surface area contributed by atoms with E-state index in [1.54, 1.807) is 18.2 Å². The highest BCUT2D eigenvalue weighted by Gasteiger charge is 2.04. The van der Waals surface area contributed by atoms with Crippen LogP contribution in [0.1, 0.15) is 22.8 Å². The third-order valence-electron chi connectivity index (χ3n) is 1.87. The number of carbonyl (C=O) groups excluding carboxylic acids is 1. The number of aldehydes is 1. The Bertz CT molecular complexity index is 327. The molecule has 0 radical (unpaired) electrons. The predicted octanol–water partition coefficient (Wildman–Crippen LogP) is 2.32. The van der Waals surface area contributed by atoms with E-state index in [2.05, 4.69) is 0 Å². The molecule has 0 unspecified atom stereocenters. The molecule has 0 saturated heterocycles. The number of hydrogen-bond donors (Lipinski definition) is 1. The molecule has 0 bridgehead atoms. The molecule has 2 nitrogen and oxygen atoms in total. The third-order valence-corrected chi connectivity index (χ3v) is 1.87. The van der Waals surface area contributed by atoms with Crippen molar-refractivity contribution in [3.05, 3.63) is 41.5 Å². The molecular weight excluding hydrogens is 164 g/mol. The maximum absolute atomic E-state index is 10.6. The molecule has 1 N–H and O–H groups in total. The predicted molar refractivity (Wildman–Crippen MR) is 52.0 cm³/mol. The van der Waals surface area contributed by atoms with Crippen LogP contribution in [0.15, 0.2) is 30.4 Å². The van der Waals surface area contributed by atoms with E-state index in [0.29, 0.717) is 17.5 Å². The second kappa shape index (κ2) is 4.45. The van der Waals surface area contributed by atoms with Crippen LogP contribution in [-0.4, -0.2) is 11.4 Å². The van der Waals surface area contributed by atoms with Crippen LogP contribution in [0.25, 0.3) is 0 Å². The van der Waals surface area contributed by atoms with Crippen LogP contribution in [0, 0.1) is 0 Å². The number of phenols is 1. The van der Waals surface area contributed by atoms with Crippen molar-refractivity contribution in [2.75, 3.05) is 0 Å². The number of hydrogen-bond acceptors (Lipinski definition) is 2. The van der Waals surface area contributed by atoms with Crippen LogP contribution < -0.4 is 0 Å². The van der Waals surface area contributed by atoms with Crippen LogP contribution in [0.4, 0.5) is 0 Å². The Labute approximate surface area is 77.5 Å². The number of aromatic hydroxyl groups is 1. The van der Waals surface area contributed by atoms with Crippen LogP contribution in [-0.2, 0) is 6.42 Å². The SMILES string of the molecule is CC=CCc1c(O)cccc1C=O. The first-order valence-corrected chi connectivity index (χ1v) is 4.16. The van der Waals surface area contributed by atoms with Crippen LogP contribution >= 0.6 is 0 Å². The van der Waals surface area contributed by atoms with Gasteiger partial charge in [0.15, 0.2) is 0 Å². The average Bonchev–Trinajstić information content (AvgIpc) is 2.15. The van der Waals surface area contributed by atoms with E-state index in [1.807, 2.05) is 19.1 Å². The van der Waals surface area contributed by atoms with Crippen molar-refractivity contribution >= 4 is 6.29 Å². The maximum atomic E-state index is 10.6. The standard InChI is InChI=1S/C11H12O2/c1-2-3-6-10-9(8-12)5-4-7-11(10)13/h2-5,7-8,13H,6H2,1H3. The molecule has 0 aromatic heterocycles. The fraction of sp³-hybridized carbons (Fsp3) is 0.182. The average molecular weight is 176 g/mol. The van der Waals surface area contributed by atoms with Gasteiger partial charge in [0.2, 0.25) is 0 Å². The maximum Gasteiger partial charge on any atom is 0.150 e. The first-order valence-electron chi connectivity index (χ1n) is 4.16. The second-order valence-corrected chi connectivity index (χ2v) is 2.74. The highest BCUT2D eigenvalue weighted by molar-refractivity contribution is 5.78. The third kappa shape index (κ3) is 2.18. The van der Waals surface area contributed by atoms with Gasteiger partial charge in [0, 0.05) is 11.1 Å². The molecule has 0 aliphatic carbocycles. The molecule has 0 saturated carbocycles. The minimum Gasteiger partial charge on any atom is -0.508 e. The number of rotatable bonds is 3. The molecule has 1 aromatic rings. The Morgan fingerprint density at radius 3 is 2.85 bits per heavy atom. The summed E-state index contributed by atoms with van der Waals surface area (Å²) in [4.78, 5) is 10.6. The molecule has 2 heteroatoms. The summed E-state index contributed by atoms with van der Waals surface area (Å²) in [6.07, 6.45) is 5.15. The van der Waals surface area contributed by atoms with Gasteiger partial charge < -0.3 is 5.11 Å². The summed E-state index contributed by atoms with van der Waals surface area (Å²) in [6.45, 7) is 1.90. The molecule has 0 atom stereocenters. The zero-order chi connectivity index (χ0) is 9.68. The Kier molecular flexibility index (Phi) is 3.26. The molecule has 1 rings (SSSR count). The van der Waals surface area contributed by atoms with E-state index in [1.165, 1.54) is 0 Å². The van der Waals surface area contributed by atoms with Gasteiger partial charge in [-0.05, 0) is 19.4 Å². The van der Waals surface area contributed by atoms with Gasteiger partial charge in [0.25, 0.3) is 0 Å². The lowest BCUT2D eigenvalue weighted by atomic mass is 10.0. The van der Waals surface area contributed by atoms with Crippen molar-refractivity contribution in [2.24, 2.45) is 0 Å². The van der Waals surface area contributed by atoms with Crippen molar-refractivity contribution in [1.82, 2.24) is 0 Å². The van der Waals surface area contributed by atoms with Gasteiger partial charge in [0.1, 0.15) is 12.0 Å². The summed E-state index contributed by atoms with van der Waals surface area (Å²) < 4.78 is 0. The lowest BCUT2D eigenvalue weighted by Gasteiger charge is -2.03. The van der Waals surface area contributed by atoms with Crippen molar-refractivity contribution in [3.8, 4) is 5.75 Å². The highest BCUT2D eigenvalue weighted by Crippen LogP contribution is 2.20. The molecule has 0 spiro atoms. The van der Waals surface area contributed by atoms with E-state index in [0.717, 1.165) is 6.29 Å². The summed E-state index contributed by atoms with van der Waals surface area (Å²) in [5, 5.41) is 9.46. The van der Waals surface area contributed by atoms with Crippen LogP contribution in [0.3, 0.4) is 0 Å². The zero-order valence-electron chi connectivity index (χ0n) is 7.53. The normalized spacial score (nSPS) is 10.5. The monoisotopic (exact) mass is 176 g/mol. The molecule has 13 heavy (non-hydrogen) atoms. The summed E-state index contributed by atoms with van der Waals surface area (Å²) in [5.74, 6) is 0.183. The van der Waals surface area contributed by atoms with Crippen molar-refractivity contribution < 1.29 is 9.90 Å². The zero-order valence-corrected chi connectivity index (χ0v) is 7.53. The summed E-state index contributed by atoms with van der Waals surface area (Å²) in [6, 6.07) is 4.95. The van der Waals surface area contributed by atoms with Gasteiger partial charge in [-0.1, -0.05) is 24.3 Å². The van der Waals surface area contributed by atoms with Gasteiger partial charge in [-0.2, -0.15) is 0 Å². The largest absolute Gasteiger partial charge is 0.508 e. The lowest BCUT2D eigenvalue weighted by Crippen LogP contribution is -1.91. The molecule has 0 aliphatic rings. The van der Waals surface area contributed by atoms with Crippen LogP contribution in [0.5, 0.6) is 5.75 Å². The number of carbonyl (C=O) groups is 1. The van der Waals surface area contributed by atoms with E-state index in [9.17, 15) is 9.90 Å². The number of phenolic OH excluding ortho intramolecular Hbond substituents is 1. The van der Waals surface area contributed by atoms with Crippen molar-refractivity contribution in [2.45, 2.75) is 13.3 Å². The minimum absolute atomic E-state index is 0.183. The Hall–Kier alpha value is -1.57. The fourth-order valence-electron chi connectivity index (χ4n) is 1.16. The van der Waals surface area contributed by atoms with Gasteiger partial charge in [0.05, 0.1) is 0 Å². The summed E-state index contributed by atoms with van der Waals surface area (Å²) >= 11 is 0. The van der Waals surface area contributed by atoms with E-state index >= 15 is 0 Å². The van der Waals surface area contributed by atoms with Crippen molar-refractivity contribution in [3.63, 3.8) is 0 Å². The minimum atomic E-state index is 0.183. The van der Waals surface area contributed by atoms with Gasteiger partial charge >= 0.3 is 0 Å². The van der Waals surface area contributed by atoms with Crippen LogP contribution in [0.2, 0.25) is 0 Å².